The predicted molar refractivity (Wildman–Crippen MR) is 100 cm³/mol. The fraction of sp³-hybridized carbons (Fsp3) is 0.188. The molecule has 14 heteroatoms. The van der Waals surface area contributed by atoms with E-state index in [1.807, 2.05) is 0 Å². The molecule has 2 aromatic carbocycles. The third-order valence-electron chi connectivity index (χ3n) is 3.72. The molecule has 0 spiro atoms. The largest absolute Gasteiger partial charge is 0.351 e. The van der Waals surface area contributed by atoms with Crippen LogP contribution in [0.5, 0.6) is 0 Å². The summed E-state index contributed by atoms with van der Waals surface area (Å²) in [4.78, 5) is 21.0. The predicted octanol–water partition coefficient (Wildman–Crippen LogP) is 1.30. The molecule has 0 aliphatic heterocycles. The third-order valence-corrected chi connectivity index (χ3v) is 6.58. The Labute approximate surface area is 170 Å². The normalized spacial score (nSPS) is 12.0. The number of hydrogen-bond donors (Lipinski definition) is 2. The van der Waals surface area contributed by atoms with Crippen LogP contribution in [0.1, 0.15) is 10.4 Å². The van der Waals surface area contributed by atoms with Crippen LogP contribution in [0.3, 0.4) is 0 Å². The third kappa shape index (κ3) is 5.55. The van der Waals surface area contributed by atoms with Gasteiger partial charge in [0.05, 0.1) is 14.7 Å². The maximum absolute atomic E-state index is 12.5. The molecule has 0 aromatic heterocycles. The Morgan fingerprint density at radius 2 is 1.63 bits per heavy atom. The average Bonchev–Trinajstić information content (AvgIpc) is 2.71. The van der Waals surface area contributed by atoms with Crippen LogP contribution in [-0.4, -0.2) is 46.5 Å². The Kier molecular flexibility index (Phi) is 7.17. The summed E-state index contributed by atoms with van der Waals surface area (Å²) in [5, 5.41) is 13.1. The molecule has 1 amide bonds. The summed E-state index contributed by atoms with van der Waals surface area (Å²) in [6.07, 6.45) is 0. The first-order valence-electron chi connectivity index (χ1n) is 8.09. The van der Waals surface area contributed by atoms with Gasteiger partial charge in [0.15, 0.2) is 0 Å². The van der Waals surface area contributed by atoms with Crippen LogP contribution in [0.25, 0.3) is 0 Å². The summed E-state index contributed by atoms with van der Waals surface area (Å²) in [6.45, 7) is -0.404. The van der Waals surface area contributed by atoms with Crippen LogP contribution in [0.15, 0.2) is 58.3 Å². The molecule has 162 valence electrons. The van der Waals surface area contributed by atoms with E-state index in [4.69, 9.17) is 0 Å². The van der Waals surface area contributed by atoms with Gasteiger partial charge in [-0.05, 0) is 30.3 Å². The first-order valence-corrected chi connectivity index (χ1v) is 11.1. The van der Waals surface area contributed by atoms with Gasteiger partial charge in [0.25, 0.3) is 11.6 Å². The van der Waals surface area contributed by atoms with E-state index in [0.717, 1.165) is 36.4 Å². The maximum atomic E-state index is 12.5. The number of amides is 1. The Bertz CT molecular complexity index is 1150. The molecule has 0 saturated heterocycles. The number of halogens is 2. The summed E-state index contributed by atoms with van der Waals surface area (Å²) in [5.74, 6) is -4.28. The molecule has 2 N–H and O–H groups in total. The van der Waals surface area contributed by atoms with Crippen LogP contribution in [0.2, 0.25) is 0 Å². The minimum absolute atomic E-state index is 0.0234. The second kappa shape index (κ2) is 9.23. The molecule has 0 unspecified atom stereocenters. The molecule has 0 atom stereocenters. The number of benzene rings is 2. The number of alkyl halides is 2. The van der Waals surface area contributed by atoms with Gasteiger partial charge in [0.1, 0.15) is 0 Å². The number of carbonyl (C=O) groups is 1. The Morgan fingerprint density at radius 1 is 1.00 bits per heavy atom. The lowest BCUT2D eigenvalue weighted by Crippen LogP contribution is -2.34. The van der Waals surface area contributed by atoms with Crippen LogP contribution >= 0.6 is 0 Å². The number of rotatable bonds is 9. The van der Waals surface area contributed by atoms with Crippen molar-refractivity contribution < 1.29 is 35.3 Å². The molecule has 30 heavy (non-hydrogen) atoms. The fourth-order valence-corrected chi connectivity index (χ4v) is 4.00. The van der Waals surface area contributed by atoms with Gasteiger partial charge in [0, 0.05) is 30.8 Å². The standard InChI is InChI=1S/C16H15F2N3O7S2/c17-16(18)29(25,26)13-6-4-11(5-7-13)15(22)19-8-9-20-30(27,28)14-3-1-2-12(10-14)21(23)24/h1-7,10,16,20H,8-9H2,(H,19,22). The van der Waals surface area contributed by atoms with Crippen LogP contribution in [0, 0.1) is 10.1 Å². The smallest absolute Gasteiger partial charge is 0.341 e. The van der Waals surface area contributed by atoms with Crippen molar-refractivity contribution in [3.8, 4) is 0 Å². The van der Waals surface area contributed by atoms with Gasteiger partial charge in [-0.3, -0.25) is 14.9 Å². The van der Waals surface area contributed by atoms with Crippen molar-refractivity contribution in [1.82, 2.24) is 10.0 Å². The van der Waals surface area contributed by atoms with E-state index < -0.39 is 47.0 Å². The lowest BCUT2D eigenvalue weighted by Gasteiger charge is -2.09. The molecule has 0 fully saturated rings. The monoisotopic (exact) mass is 463 g/mol. The maximum Gasteiger partial charge on any atom is 0.341 e. The van der Waals surface area contributed by atoms with Crippen molar-refractivity contribution in [3.05, 3.63) is 64.2 Å². The highest BCUT2D eigenvalue weighted by molar-refractivity contribution is 7.91. The quantitative estimate of drug-likeness (QED) is 0.323. The molecule has 0 radical (unpaired) electrons. The zero-order valence-electron chi connectivity index (χ0n) is 15.0. The lowest BCUT2D eigenvalue weighted by atomic mass is 10.2. The van der Waals surface area contributed by atoms with Gasteiger partial charge < -0.3 is 5.32 Å². The van der Waals surface area contributed by atoms with Gasteiger partial charge >= 0.3 is 5.76 Å². The first-order chi connectivity index (χ1) is 13.9. The number of nitrogens with zero attached hydrogens (tertiary/aromatic N) is 1. The molecule has 0 aliphatic carbocycles. The molecule has 0 saturated carbocycles. The number of carbonyl (C=O) groups excluding carboxylic acids is 1. The number of nitro groups is 1. The number of sulfone groups is 1. The van der Waals surface area contributed by atoms with Crippen molar-refractivity contribution in [1.29, 1.82) is 0 Å². The van der Waals surface area contributed by atoms with Crippen molar-refractivity contribution in [3.63, 3.8) is 0 Å². The van der Waals surface area contributed by atoms with E-state index in [-0.39, 0.29) is 23.5 Å². The fourth-order valence-electron chi connectivity index (χ4n) is 2.21. The Balaban J connectivity index is 1.93. The number of nitro benzene ring substituents is 1. The number of non-ortho nitro benzene ring substituents is 1. The highest BCUT2D eigenvalue weighted by atomic mass is 32.2. The van der Waals surface area contributed by atoms with Gasteiger partial charge in [0.2, 0.25) is 19.9 Å². The van der Waals surface area contributed by atoms with E-state index in [9.17, 15) is 40.5 Å². The van der Waals surface area contributed by atoms with E-state index in [2.05, 4.69) is 10.0 Å². The zero-order chi connectivity index (χ0) is 22.5. The minimum Gasteiger partial charge on any atom is -0.351 e. The molecule has 10 nitrogen and oxygen atoms in total. The van der Waals surface area contributed by atoms with E-state index in [0.29, 0.717) is 0 Å². The van der Waals surface area contributed by atoms with Gasteiger partial charge in [-0.15, -0.1) is 0 Å². The second-order valence-corrected chi connectivity index (χ2v) is 9.42. The van der Waals surface area contributed by atoms with Crippen molar-refractivity contribution in [2.24, 2.45) is 0 Å². The average molecular weight is 463 g/mol. The SMILES string of the molecule is O=C(NCCNS(=O)(=O)c1cccc([N+](=O)[O-])c1)c1ccc(S(=O)(=O)C(F)F)cc1. The summed E-state index contributed by atoms with van der Waals surface area (Å²) in [6, 6.07) is 8.21. The number of hydrogen-bond acceptors (Lipinski definition) is 7. The van der Waals surface area contributed by atoms with Gasteiger partial charge in [-0.25, -0.2) is 21.6 Å². The van der Waals surface area contributed by atoms with Gasteiger partial charge in [-0.1, -0.05) is 6.07 Å². The van der Waals surface area contributed by atoms with Crippen LogP contribution in [-0.2, 0) is 19.9 Å². The number of nitrogens with one attached hydrogen (secondary N) is 2. The second-order valence-electron chi connectivity index (χ2n) is 5.74. The van der Waals surface area contributed by atoms with Gasteiger partial charge in [-0.2, -0.15) is 8.78 Å². The van der Waals surface area contributed by atoms with Crippen molar-refractivity contribution in [2.45, 2.75) is 15.5 Å². The summed E-state index contributed by atoms with van der Waals surface area (Å²) >= 11 is 0. The lowest BCUT2D eigenvalue weighted by molar-refractivity contribution is -0.385. The Morgan fingerprint density at radius 3 is 2.20 bits per heavy atom. The van der Waals surface area contributed by atoms with E-state index in [1.165, 1.54) is 12.1 Å². The summed E-state index contributed by atoms with van der Waals surface area (Å²) < 4.78 is 74.1. The highest BCUT2D eigenvalue weighted by Gasteiger charge is 2.26. The Hall–Kier alpha value is -2.97. The van der Waals surface area contributed by atoms with Crippen molar-refractivity contribution >= 4 is 31.5 Å². The first kappa shape index (κ1) is 23.3. The highest BCUT2D eigenvalue weighted by Crippen LogP contribution is 2.19. The topological polar surface area (TPSA) is 153 Å². The molecular weight excluding hydrogens is 448 g/mol. The summed E-state index contributed by atoms with van der Waals surface area (Å²) in [5.41, 5.74) is -0.423. The van der Waals surface area contributed by atoms with E-state index >= 15 is 0 Å². The molecular formula is C16H15F2N3O7S2. The summed E-state index contributed by atoms with van der Waals surface area (Å²) in [7, 11) is -8.83. The zero-order valence-corrected chi connectivity index (χ0v) is 16.6. The van der Waals surface area contributed by atoms with Crippen LogP contribution < -0.4 is 10.0 Å². The van der Waals surface area contributed by atoms with Crippen molar-refractivity contribution in [2.75, 3.05) is 13.1 Å². The molecule has 2 aromatic rings. The van der Waals surface area contributed by atoms with E-state index in [1.54, 1.807) is 0 Å². The molecule has 0 bridgehead atoms. The minimum atomic E-state index is -4.78. The molecule has 0 aliphatic rings. The molecule has 0 heterocycles. The molecule has 2 rings (SSSR count). The number of sulfonamides is 1. The van der Waals surface area contributed by atoms with Crippen LogP contribution in [0.4, 0.5) is 14.5 Å².